The van der Waals surface area contributed by atoms with Crippen LogP contribution >= 0.6 is 11.6 Å². The van der Waals surface area contributed by atoms with Gasteiger partial charge in [0.1, 0.15) is 5.82 Å². The van der Waals surface area contributed by atoms with E-state index in [9.17, 15) is 4.79 Å². The monoisotopic (exact) mass is 298 g/mol. The van der Waals surface area contributed by atoms with Gasteiger partial charge in [0.25, 0.3) is 5.56 Å². The molecule has 21 heavy (non-hydrogen) atoms. The van der Waals surface area contributed by atoms with Gasteiger partial charge < -0.3 is 5.73 Å². The van der Waals surface area contributed by atoms with Gasteiger partial charge in [0.15, 0.2) is 0 Å². The number of benzene rings is 1. The maximum Gasteiger partial charge on any atom is 0.264 e. The van der Waals surface area contributed by atoms with Crippen molar-refractivity contribution >= 4 is 17.4 Å². The first-order valence-corrected chi connectivity index (χ1v) is 6.60. The summed E-state index contributed by atoms with van der Waals surface area (Å²) in [5, 5.41) is 6.78. The number of halogens is 1. The van der Waals surface area contributed by atoms with Crippen LogP contribution in [0.3, 0.4) is 0 Å². The zero-order valence-corrected chi connectivity index (χ0v) is 11.6. The van der Waals surface area contributed by atoms with Gasteiger partial charge in [-0.15, -0.1) is 0 Å². The van der Waals surface area contributed by atoms with E-state index in [0.29, 0.717) is 22.0 Å². The minimum absolute atomic E-state index is 0.253. The summed E-state index contributed by atoms with van der Waals surface area (Å²) in [5.41, 5.74) is 8.37. The Kier molecular flexibility index (Phi) is 3.41. The van der Waals surface area contributed by atoms with Crippen LogP contribution in [0.4, 0.5) is 5.82 Å². The second-order valence-corrected chi connectivity index (χ2v) is 4.83. The average Bonchev–Trinajstić information content (AvgIpc) is 2.51. The third-order valence-electron chi connectivity index (χ3n) is 3.01. The maximum absolute atomic E-state index is 11.1. The van der Waals surface area contributed by atoms with Crippen molar-refractivity contribution in [2.45, 2.75) is 0 Å². The highest BCUT2D eigenvalue weighted by atomic mass is 35.5. The standard InChI is InChI=1S/C15H11ClN4O/c16-11-8-10(12-6-7-13(21)20-19-12)14(18-15(11)17)9-4-2-1-3-5-9/h1-8H,(H2,17,18)(H,20,21). The zero-order valence-electron chi connectivity index (χ0n) is 10.9. The predicted octanol–water partition coefficient (Wildman–Crippen LogP) is 2.73. The van der Waals surface area contributed by atoms with Crippen LogP contribution in [-0.2, 0) is 0 Å². The summed E-state index contributed by atoms with van der Waals surface area (Å²) >= 11 is 6.07. The highest BCUT2D eigenvalue weighted by Gasteiger charge is 2.13. The Balaban J connectivity index is 2.26. The Morgan fingerprint density at radius 3 is 2.52 bits per heavy atom. The highest BCUT2D eigenvalue weighted by molar-refractivity contribution is 6.33. The third-order valence-corrected chi connectivity index (χ3v) is 3.31. The van der Waals surface area contributed by atoms with Crippen molar-refractivity contribution in [2.75, 3.05) is 5.73 Å². The molecule has 0 fully saturated rings. The van der Waals surface area contributed by atoms with Crippen LogP contribution in [0.2, 0.25) is 5.02 Å². The fourth-order valence-electron chi connectivity index (χ4n) is 2.01. The lowest BCUT2D eigenvalue weighted by Gasteiger charge is -2.10. The molecule has 0 aliphatic heterocycles. The molecule has 0 unspecified atom stereocenters. The highest BCUT2D eigenvalue weighted by Crippen LogP contribution is 2.33. The maximum atomic E-state index is 11.1. The first-order valence-electron chi connectivity index (χ1n) is 6.22. The van der Waals surface area contributed by atoms with Gasteiger partial charge in [-0.25, -0.2) is 10.1 Å². The second-order valence-electron chi connectivity index (χ2n) is 4.42. The molecular weight excluding hydrogens is 288 g/mol. The lowest BCUT2D eigenvalue weighted by atomic mass is 10.0. The molecule has 1 aromatic carbocycles. The molecule has 0 aliphatic carbocycles. The lowest BCUT2D eigenvalue weighted by molar-refractivity contribution is 0.994. The molecule has 0 aliphatic rings. The van der Waals surface area contributed by atoms with Crippen molar-refractivity contribution in [1.82, 2.24) is 15.2 Å². The number of rotatable bonds is 2. The molecule has 2 heterocycles. The van der Waals surface area contributed by atoms with E-state index >= 15 is 0 Å². The molecular formula is C15H11ClN4O. The van der Waals surface area contributed by atoms with Gasteiger partial charge in [-0.3, -0.25) is 4.79 Å². The summed E-state index contributed by atoms with van der Waals surface area (Å²) in [5.74, 6) is 0.253. The Labute approximate surface area is 125 Å². The van der Waals surface area contributed by atoms with Crippen LogP contribution in [0.1, 0.15) is 0 Å². The van der Waals surface area contributed by atoms with Gasteiger partial charge in [0.05, 0.1) is 16.4 Å². The van der Waals surface area contributed by atoms with Crippen molar-refractivity contribution in [3.8, 4) is 22.5 Å². The molecule has 5 nitrogen and oxygen atoms in total. The molecule has 0 amide bonds. The van der Waals surface area contributed by atoms with Gasteiger partial charge in [0, 0.05) is 17.2 Å². The van der Waals surface area contributed by atoms with Crippen molar-refractivity contribution in [3.05, 3.63) is 63.9 Å². The molecule has 3 rings (SSSR count). The van der Waals surface area contributed by atoms with Crippen molar-refractivity contribution in [1.29, 1.82) is 0 Å². The van der Waals surface area contributed by atoms with E-state index < -0.39 is 0 Å². The minimum Gasteiger partial charge on any atom is -0.382 e. The Morgan fingerprint density at radius 2 is 1.86 bits per heavy atom. The van der Waals surface area contributed by atoms with Gasteiger partial charge in [-0.2, -0.15) is 5.10 Å². The molecule has 0 spiro atoms. The molecule has 2 aromatic heterocycles. The van der Waals surface area contributed by atoms with Crippen molar-refractivity contribution in [2.24, 2.45) is 0 Å². The molecule has 0 bridgehead atoms. The van der Waals surface area contributed by atoms with Crippen molar-refractivity contribution < 1.29 is 0 Å². The number of hydrogen-bond acceptors (Lipinski definition) is 4. The number of nitrogen functional groups attached to an aromatic ring is 1. The molecule has 3 N–H and O–H groups in total. The summed E-state index contributed by atoms with van der Waals surface area (Å²) < 4.78 is 0. The van der Waals surface area contributed by atoms with E-state index in [1.165, 1.54) is 6.07 Å². The molecule has 6 heteroatoms. The Morgan fingerprint density at radius 1 is 1.10 bits per heavy atom. The van der Waals surface area contributed by atoms with Crippen LogP contribution in [0, 0.1) is 0 Å². The fourth-order valence-corrected chi connectivity index (χ4v) is 2.16. The summed E-state index contributed by atoms with van der Waals surface area (Å²) in [6, 6.07) is 14.3. The first kappa shape index (κ1) is 13.3. The predicted molar refractivity (Wildman–Crippen MR) is 82.9 cm³/mol. The van der Waals surface area contributed by atoms with Crippen LogP contribution < -0.4 is 11.3 Å². The van der Waals surface area contributed by atoms with Crippen molar-refractivity contribution in [3.63, 3.8) is 0 Å². The SMILES string of the molecule is Nc1nc(-c2ccccc2)c(-c2ccc(=O)[nH]n2)cc1Cl. The number of aromatic nitrogens is 3. The zero-order chi connectivity index (χ0) is 14.8. The van der Waals surface area contributed by atoms with Gasteiger partial charge in [-0.05, 0) is 12.1 Å². The van der Waals surface area contributed by atoms with Crippen LogP contribution in [-0.4, -0.2) is 15.2 Å². The largest absolute Gasteiger partial charge is 0.382 e. The van der Waals surface area contributed by atoms with Crippen LogP contribution in [0.25, 0.3) is 22.5 Å². The number of H-pyrrole nitrogens is 1. The van der Waals surface area contributed by atoms with Crippen LogP contribution in [0.5, 0.6) is 0 Å². The summed E-state index contributed by atoms with van der Waals surface area (Å²) in [6.45, 7) is 0. The number of aromatic amines is 1. The summed E-state index contributed by atoms with van der Waals surface area (Å²) in [4.78, 5) is 15.5. The van der Waals surface area contributed by atoms with E-state index in [2.05, 4.69) is 15.2 Å². The number of nitrogens with two attached hydrogens (primary N) is 1. The normalized spacial score (nSPS) is 10.5. The minimum atomic E-state index is -0.269. The van der Waals surface area contributed by atoms with Gasteiger partial charge in [0.2, 0.25) is 0 Å². The molecule has 0 radical (unpaired) electrons. The van der Waals surface area contributed by atoms with E-state index in [1.54, 1.807) is 12.1 Å². The number of hydrogen-bond donors (Lipinski definition) is 2. The van der Waals surface area contributed by atoms with Gasteiger partial charge >= 0.3 is 0 Å². The van der Waals surface area contributed by atoms with Crippen LogP contribution in [0.15, 0.2) is 53.3 Å². The quantitative estimate of drug-likeness (QED) is 0.762. The molecule has 104 valence electrons. The molecule has 0 atom stereocenters. The summed E-state index contributed by atoms with van der Waals surface area (Å²) in [6.07, 6.45) is 0. The first-order chi connectivity index (χ1) is 10.1. The number of pyridine rings is 1. The summed E-state index contributed by atoms with van der Waals surface area (Å²) in [7, 11) is 0. The van der Waals surface area contributed by atoms with E-state index in [1.807, 2.05) is 30.3 Å². The fraction of sp³-hybridized carbons (Fsp3) is 0. The molecule has 0 saturated heterocycles. The lowest BCUT2D eigenvalue weighted by Crippen LogP contribution is -2.06. The number of nitrogens with zero attached hydrogens (tertiary/aromatic N) is 2. The number of anilines is 1. The van der Waals surface area contributed by atoms with E-state index in [0.717, 1.165) is 5.56 Å². The smallest absolute Gasteiger partial charge is 0.264 e. The third kappa shape index (κ3) is 2.64. The van der Waals surface area contributed by atoms with E-state index in [4.69, 9.17) is 17.3 Å². The Hall–Kier alpha value is -2.66. The Bertz CT molecular complexity index is 826. The topological polar surface area (TPSA) is 84.7 Å². The van der Waals surface area contributed by atoms with Gasteiger partial charge in [-0.1, -0.05) is 41.9 Å². The number of nitrogens with one attached hydrogen (secondary N) is 1. The molecule has 0 saturated carbocycles. The second kappa shape index (κ2) is 5.38. The molecule has 3 aromatic rings. The average molecular weight is 299 g/mol. The van der Waals surface area contributed by atoms with E-state index in [-0.39, 0.29) is 11.4 Å².